The summed E-state index contributed by atoms with van der Waals surface area (Å²) in [5.74, 6) is -6.32. The number of rotatable bonds is 0. The fourth-order valence-electron chi connectivity index (χ4n) is 2.65. The predicted octanol–water partition coefficient (Wildman–Crippen LogP) is 7.72. The van der Waals surface area contributed by atoms with Crippen LogP contribution in [0, 0.1) is 0 Å². The Bertz CT molecular complexity index is 810. The summed E-state index contributed by atoms with van der Waals surface area (Å²) in [4.78, 5) is 0. The average Bonchev–Trinajstić information content (AvgIpc) is 2.44. The van der Waals surface area contributed by atoms with Gasteiger partial charge in [0.25, 0.3) is 11.8 Å². The second-order valence-electron chi connectivity index (χ2n) is 5.60. The zero-order valence-corrected chi connectivity index (χ0v) is 18.1. The van der Waals surface area contributed by atoms with Crippen LogP contribution in [0.15, 0.2) is 42.2 Å². The third-order valence-corrected chi connectivity index (χ3v) is 6.71. The van der Waals surface area contributed by atoms with Crippen molar-refractivity contribution in [3.63, 3.8) is 0 Å². The summed E-state index contributed by atoms with van der Waals surface area (Å²) >= 11 is 12.6. The molecule has 0 N–H and O–H groups in total. The monoisotopic (exact) mass is 592 g/mol. The summed E-state index contributed by atoms with van der Waals surface area (Å²) < 4.78 is 59.8. The predicted molar refractivity (Wildman–Crippen MR) is 98.9 cm³/mol. The Balaban J connectivity index is 2.33. The van der Waals surface area contributed by atoms with Gasteiger partial charge in [0.2, 0.25) is 0 Å². The fourth-order valence-corrected chi connectivity index (χ4v) is 5.28. The first-order chi connectivity index (χ1) is 11.0. The Labute approximate surface area is 169 Å². The van der Waals surface area contributed by atoms with Crippen molar-refractivity contribution < 1.29 is 17.6 Å². The molecule has 0 aliphatic heterocycles. The van der Waals surface area contributed by atoms with Crippen LogP contribution >= 0.6 is 63.7 Å². The summed E-state index contributed by atoms with van der Waals surface area (Å²) in [6, 6.07) is 4.98. The van der Waals surface area contributed by atoms with Crippen LogP contribution in [-0.2, 0) is 24.7 Å². The van der Waals surface area contributed by atoms with Gasteiger partial charge in [0.15, 0.2) is 0 Å². The molecule has 0 radical (unpaired) electrons. The molecule has 4 bridgehead atoms. The van der Waals surface area contributed by atoms with Crippen LogP contribution in [0.25, 0.3) is 0 Å². The molecule has 2 aromatic carbocycles. The fraction of sp³-hybridized carbons (Fsp3) is 0.250. The highest BCUT2D eigenvalue weighted by Gasteiger charge is 2.40. The van der Waals surface area contributed by atoms with Gasteiger partial charge in [0.1, 0.15) is 0 Å². The molecule has 8 heteroatoms. The number of hydrogen-bond acceptors (Lipinski definition) is 0. The molecular weight excluding hydrogens is 588 g/mol. The van der Waals surface area contributed by atoms with Crippen molar-refractivity contribution in [1.29, 1.82) is 0 Å². The van der Waals surface area contributed by atoms with E-state index < -0.39 is 24.7 Å². The first kappa shape index (κ1) is 18.9. The Kier molecular flexibility index (Phi) is 4.99. The van der Waals surface area contributed by atoms with Gasteiger partial charge in [-0.15, -0.1) is 0 Å². The maximum atomic E-state index is 14.8. The second kappa shape index (κ2) is 6.35. The van der Waals surface area contributed by atoms with Crippen LogP contribution in [0.3, 0.4) is 0 Å². The zero-order chi connectivity index (χ0) is 17.9. The van der Waals surface area contributed by atoms with Gasteiger partial charge in [-0.1, -0.05) is 63.7 Å². The lowest BCUT2D eigenvalue weighted by molar-refractivity contribution is -0.00763. The molecule has 0 atom stereocenters. The number of hydrogen-bond donors (Lipinski definition) is 0. The Hall–Kier alpha value is 0.0800. The maximum absolute atomic E-state index is 14.8. The van der Waals surface area contributed by atoms with Gasteiger partial charge in [0, 0.05) is 41.9 Å². The van der Waals surface area contributed by atoms with E-state index >= 15 is 0 Å². The summed E-state index contributed by atoms with van der Waals surface area (Å²) in [5, 5.41) is 0. The molecule has 0 amide bonds. The molecule has 0 nitrogen and oxygen atoms in total. The van der Waals surface area contributed by atoms with Crippen molar-refractivity contribution in [2.75, 3.05) is 0 Å². The van der Waals surface area contributed by atoms with Gasteiger partial charge in [0.05, 0.1) is 0 Å². The summed E-state index contributed by atoms with van der Waals surface area (Å²) in [7, 11) is 0. The summed E-state index contributed by atoms with van der Waals surface area (Å²) in [6.07, 6.45) is -1.22. The van der Waals surface area contributed by atoms with Gasteiger partial charge in [-0.2, -0.15) is 0 Å². The molecule has 0 aromatic heterocycles. The van der Waals surface area contributed by atoms with Crippen LogP contribution < -0.4 is 0 Å². The Morgan fingerprint density at radius 1 is 0.667 bits per heavy atom. The van der Waals surface area contributed by atoms with Gasteiger partial charge in [-0.05, 0) is 35.4 Å². The molecular formula is C16H8Br4F4. The van der Waals surface area contributed by atoms with E-state index in [4.69, 9.17) is 0 Å². The number of benzene rings is 2. The van der Waals surface area contributed by atoms with E-state index in [0.29, 0.717) is 0 Å². The van der Waals surface area contributed by atoms with E-state index in [1.807, 2.05) is 0 Å². The van der Waals surface area contributed by atoms with Crippen molar-refractivity contribution in [2.45, 2.75) is 24.7 Å². The molecule has 2 aromatic rings. The van der Waals surface area contributed by atoms with Crippen molar-refractivity contribution in [3.8, 4) is 0 Å². The van der Waals surface area contributed by atoms with Crippen molar-refractivity contribution in [3.05, 3.63) is 64.4 Å². The second-order valence-corrected chi connectivity index (χ2v) is 9.02. The highest BCUT2D eigenvalue weighted by atomic mass is 79.9. The van der Waals surface area contributed by atoms with Crippen LogP contribution in [0.4, 0.5) is 17.6 Å². The topological polar surface area (TPSA) is 0 Å². The highest BCUT2D eigenvalue weighted by Crippen LogP contribution is 2.46. The van der Waals surface area contributed by atoms with Crippen LogP contribution in [-0.4, -0.2) is 0 Å². The van der Waals surface area contributed by atoms with Crippen LogP contribution in [0.2, 0.25) is 0 Å². The standard InChI is InChI=1S/C16H8Br4F4/c17-11-4-10-14(20)1-7(11)5-15(21,22)8-2-12(18)9(13(19)3-8)6-16(10,23)24/h1-4H,5-6H2. The number of alkyl halides is 4. The van der Waals surface area contributed by atoms with E-state index in [0.717, 1.165) is 0 Å². The lowest BCUT2D eigenvalue weighted by atomic mass is 9.93. The van der Waals surface area contributed by atoms with Crippen LogP contribution in [0.1, 0.15) is 22.3 Å². The first-order valence-electron chi connectivity index (χ1n) is 6.74. The van der Waals surface area contributed by atoms with Crippen molar-refractivity contribution in [2.24, 2.45) is 0 Å². The molecule has 0 fully saturated rings. The lowest BCUT2D eigenvalue weighted by Crippen LogP contribution is -2.22. The zero-order valence-electron chi connectivity index (χ0n) is 11.7. The maximum Gasteiger partial charge on any atom is 0.278 e. The minimum Gasteiger partial charge on any atom is -0.201 e. The van der Waals surface area contributed by atoms with E-state index in [2.05, 4.69) is 63.7 Å². The van der Waals surface area contributed by atoms with Gasteiger partial charge in [-0.25, -0.2) is 17.6 Å². The SMILES string of the molecule is FC1(F)Cc2cc(Br)c(cc2Br)C(F)(F)Cc2c(Br)cc1cc2Br. The molecule has 0 saturated heterocycles. The largest absolute Gasteiger partial charge is 0.278 e. The average molecular weight is 596 g/mol. The van der Waals surface area contributed by atoms with Gasteiger partial charge < -0.3 is 0 Å². The molecule has 0 saturated carbocycles. The van der Waals surface area contributed by atoms with E-state index in [1.54, 1.807) is 0 Å². The highest BCUT2D eigenvalue weighted by molar-refractivity contribution is 9.11. The van der Waals surface area contributed by atoms with E-state index in [9.17, 15) is 17.6 Å². The van der Waals surface area contributed by atoms with E-state index in [-0.39, 0.29) is 40.1 Å². The third-order valence-electron chi connectivity index (χ3n) is 3.90. The molecule has 128 valence electrons. The first-order valence-corrected chi connectivity index (χ1v) is 9.91. The molecule has 0 heterocycles. The molecule has 4 aliphatic rings. The third kappa shape index (κ3) is 3.35. The smallest absolute Gasteiger partial charge is 0.201 e. The Morgan fingerprint density at radius 2 is 1.25 bits per heavy atom. The minimum absolute atomic E-state index is 0.115. The molecule has 4 aliphatic carbocycles. The molecule has 0 spiro atoms. The van der Waals surface area contributed by atoms with Crippen LogP contribution in [0.5, 0.6) is 0 Å². The summed E-state index contributed by atoms with van der Waals surface area (Å²) in [6.45, 7) is 0. The molecule has 24 heavy (non-hydrogen) atoms. The summed E-state index contributed by atoms with van der Waals surface area (Å²) in [5.41, 5.74) is 0.0152. The van der Waals surface area contributed by atoms with Crippen molar-refractivity contribution >= 4 is 63.7 Å². The molecule has 0 unspecified atom stereocenters. The van der Waals surface area contributed by atoms with Gasteiger partial charge in [-0.3, -0.25) is 0 Å². The van der Waals surface area contributed by atoms with E-state index in [1.165, 1.54) is 24.3 Å². The lowest BCUT2D eigenvalue weighted by Gasteiger charge is -2.25. The number of halogens is 8. The quantitative estimate of drug-likeness (QED) is 0.274. The minimum atomic E-state index is -3.17. The van der Waals surface area contributed by atoms with Crippen molar-refractivity contribution in [1.82, 2.24) is 0 Å². The molecule has 6 rings (SSSR count). The van der Waals surface area contributed by atoms with Gasteiger partial charge >= 0.3 is 0 Å². The normalized spacial score (nSPS) is 18.3. The Morgan fingerprint density at radius 3 is 1.83 bits per heavy atom.